The van der Waals surface area contributed by atoms with Crippen molar-refractivity contribution in [1.82, 2.24) is 5.32 Å². The number of anilines is 1. The zero-order chi connectivity index (χ0) is 14.7. The van der Waals surface area contributed by atoms with Crippen LogP contribution in [-0.2, 0) is 9.59 Å². The number of amides is 2. The Morgan fingerprint density at radius 2 is 2.20 bits per heavy atom. The average Bonchev–Trinajstić information content (AvgIpc) is 2.77. The molecule has 1 aliphatic rings. The Balaban J connectivity index is 2.18. The maximum absolute atomic E-state index is 13.5. The van der Waals surface area contributed by atoms with Gasteiger partial charge in [0.15, 0.2) is 11.6 Å². The molecule has 2 amide bonds. The van der Waals surface area contributed by atoms with Crippen LogP contribution in [-0.4, -0.2) is 18.4 Å². The molecule has 4 nitrogen and oxygen atoms in total. The van der Waals surface area contributed by atoms with Crippen LogP contribution in [0.4, 0.5) is 14.5 Å². The smallest absolute Gasteiger partial charge is 0.237 e. The first-order valence-electron chi connectivity index (χ1n) is 6.20. The Morgan fingerprint density at radius 1 is 1.45 bits per heavy atom. The molecule has 0 aliphatic carbocycles. The van der Waals surface area contributed by atoms with Gasteiger partial charge in [0, 0.05) is 12.5 Å². The number of carbonyl (C=O) groups excluding carboxylic acids is 2. The molecule has 1 aromatic carbocycles. The number of rotatable bonds is 3. The highest BCUT2D eigenvalue weighted by Crippen LogP contribution is 2.23. The van der Waals surface area contributed by atoms with Crippen molar-refractivity contribution >= 4 is 17.5 Å². The van der Waals surface area contributed by atoms with Gasteiger partial charge in [0.2, 0.25) is 11.8 Å². The molecule has 0 spiro atoms. The molecule has 106 valence electrons. The van der Waals surface area contributed by atoms with E-state index in [1.54, 1.807) is 19.1 Å². The number of halogens is 2. The fourth-order valence-electron chi connectivity index (χ4n) is 2.19. The Hall–Kier alpha value is -2.24. The first-order chi connectivity index (χ1) is 9.54. The molecule has 1 aromatic rings. The molecule has 0 radical (unpaired) electrons. The van der Waals surface area contributed by atoms with Crippen LogP contribution in [0.3, 0.4) is 0 Å². The third kappa shape index (κ3) is 2.68. The molecule has 0 bridgehead atoms. The van der Waals surface area contributed by atoms with Gasteiger partial charge in [-0.2, -0.15) is 0 Å². The number of carbonyl (C=O) groups is 2. The van der Waals surface area contributed by atoms with Crippen LogP contribution in [0, 0.1) is 23.5 Å². The van der Waals surface area contributed by atoms with E-state index in [1.165, 1.54) is 12.1 Å². The highest BCUT2D eigenvalue weighted by atomic mass is 19.2. The molecule has 0 aromatic heterocycles. The van der Waals surface area contributed by atoms with E-state index in [1.807, 2.05) is 0 Å². The summed E-state index contributed by atoms with van der Waals surface area (Å²) in [5.74, 6) is -4.47. The van der Waals surface area contributed by atoms with Gasteiger partial charge in [0.05, 0.1) is 5.69 Å². The van der Waals surface area contributed by atoms with Gasteiger partial charge >= 0.3 is 0 Å². The summed E-state index contributed by atoms with van der Waals surface area (Å²) >= 11 is 0. The van der Waals surface area contributed by atoms with Gasteiger partial charge in [-0.15, -0.1) is 0 Å². The number of benzene rings is 1. The Kier molecular flexibility index (Phi) is 4.12. The summed E-state index contributed by atoms with van der Waals surface area (Å²) in [5, 5.41) is 4.84. The molecule has 2 rings (SSSR count). The molecule has 2 N–H and O–H groups in total. The second kappa shape index (κ2) is 5.81. The van der Waals surface area contributed by atoms with Gasteiger partial charge in [-0.25, -0.2) is 8.78 Å². The fourth-order valence-corrected chi connectivity index (χ4v) is 2.19. The number of allylic oxidation sites excluding steroid dienone is 1. The summed E-state index contributed by atoms with van der Waals surface area (Å²) in [6, 6.07) is 3.48. The van der Waals surface area contributed by atoms with E-state index in [9.17, 15) is 18.4 Å². The highest BCUT2D eigenvalue weighted by molar-refractivity contribution is 6.08. The van der Waals surface area contributed by atoms with Crippen molar-refractivity contribution in [2.24, 2.45) is 11.8 Å². The van der Waals surface area contributed by atoms with Gasteiger partial charge < -0.3 is 10.6 Å². The van der Waals surface area contributed by atoms with Crippen molar-refractivity contribution in [3.8, 4) is 0 Å². The number of hydrogen-bond acceptors (Lipinski definition) is 2. The Morgan fingerprint density at radius 3 is 2.90 bits per heavy atom. The lowest BCUT2D eigenvalue weighted by atomic mass is 9.94. The van der Waals surface area contributed by atoms with E-state index >= 15 is 0 Å². The van der Waals surface area contributed by atoms with Crippen LogP contribution in [0.2, 0.25) is 0 Å². The Bertz CT molecular complexity index is 572. The summed E-state index contributed by atoms with van der Waals surface area (Å²) in [6.45, 7) is 2.14. The maximum Gasteiger partial charge on any atom is 0.237 e. The van der Waals surface area contributed by atoms with Crippen LogP contribution >= 0.6 is 0 Å². The second-order valence-electron chi connectivity index (χ2n) is 4.50. The predicted molar refractivity (Wildman–Crippen MR) is 69.8 cm³/mol. The van der Waals surface area contributed by atoms with Crippen LogP contribution in [0.15, 0.2) is 30.4 Å². The molecule has 2 unspecified atom stereocenters. The van der Waals surface area contributed by atoms with Crippen molar-refractivity contribution < 1.29 is 18.4 Å². The number of nitrogens with one attached hydrogen (secondary N) is 2. The van der Waals surface area contributed by atoms with E-state index in [0.717, 1.165) is 6.07 Å². The van der Waals surface area contributed by atoms with Crippen LogP contribution in [0.25, 0.3) is 0 Å². The van der Waals surface area contributed by atoms with E-state index in [-0.39, 0.29) is 11.6 Å². The van der Waals surface area contributed by atoms with Crippen molar-refractivity contribution in [2.45, 2.75) is 6.92 Å². The first kappa shape index (κ1) is 14.2. The largest absolute Gasteiger partial charge is 0.355 e. The molecule has 6 heteroatoms. The molecule has 1 fully saturated rings. The van der Waals surface area contributed by atoms with E-state index < -0.39 is 29.4 Å². The van der Waals surface area contributed by atoms with Gasteiger partial charge in [-0.3, -0.25) is 9.59 Å². The molecule has 0 saturated carbocycles. The third-order valence-electron chi connectivity index (χ3n) is 3.15. The average molecular weight is 280 g/mol. The molecule has 2 atom stereocenters. The lowest BCUT2D eigenvalue weighted by Gasteiger charge is -2.14. The lowest BCUT2D eigenvalue weighted by Crippen LogP contribution is -2.32. The third-order valence-corrected chi connectivity index (χ3v) is 3.15. The first-order valence-corrected chi connectivity index (χ1v) is 6.20. The highest BCUT2D eigenvalue weighted by Gasteiger charge is 2.38. The van der Waals surface area contributed by atoms with Crippen LogP contribution in [0.1, 0.15) is 6.92 Å². The molecule has 1 heterocycles. The minimum Gasteiger partial charge on any atom is -0.355 e. The zero-order valence-corrected chi connectivity index (χ0v) is 10.8. The van der Waals surface area contributed by atoms with E-state index in [0.29, 0.717) is 6.54 Å². The van der Waals surface area contributed by atoms with E-state index in [2.05, 4.69) is 10.6 Å². The van der Waals surface area contributed by atoms with Crippen molar-refractivity contribution in [2.75, 3.05) is 11.9 Å². The summed E-state index contributed by atoms with van der Waals surface area (Å²) < 4.78 is 26.6. The van der Waals surface area contributed by atoms with Crippen molar-refractivity contribution in [3.05, 3.63) is 42.0 Å². The molecular weight excluding hydrogens is 266 g/mol. The summed E-state index contributed by atoms with van der Waals surface area (Å²) in [5.41, 5.74) is -0.270. The minimum atomic E-state index is -1.14. The van der Waals surface area contributed by atoms with Gasteiger partial charge in [-0.1, -0.05) is 18.2 Å². The second-order valence-corrected chi connectivity index (χ2v) is 4.50. The van der Waals surface area contributed by atoms with Crippen LogP contribution in [0.5, 0.6) is 0 Å². The summed E-state index contributed by atoms with van der Waals surface area (Å²) in [6.07, 6.45) is 3.48. The van der Waals surface area contributed by atoms with Crippen LogP contribution < -0.4 is 10.6 Å². The lowest BCUT2D eigenvalue weighted by molar-refractivity contribution is -0.130. The van der Waals surface area contributed by atoms with Gasteiger partial charge in [0.1, 0.15) is 5.92 Å². The molecule has 1 aliphatic heterocycles. The van der Waals surface area contributed by atoms with E-state index in [4.69, 9.17) is 0 Å². The number of hydrogen-bond donors (Lipinski definition) is 2. The monoisotopic (exact) mass is 280 g/mol. The topological polar surface area (TPSA) is 58.2 Å². The summed E-state index contributed by atoms with van der Waals surface area (Å²) in [4.78, 5) is 23.7. The zero-order valence-electron chi connectivity index (χ0n) is 10.8. The fraction of sp³-hybridized carbons (Fsp3) is 0.286. The Labute approximate surface area is 114 Å². The van der Waals surface area contributed by atoms with Crippen molar-refractivity contribution in [3.63, 3.8) is 0 Å². The predicted octanol–water partition coefficient (Wildman–Crippen LogP) is 1.84. The normalized spacial score (nSPS) is 22.1. The van der Waals surface area contributed by atoms with Gasteiger partial charge in [-0.05, 0) is 19.1 Å². The van der Waals surface area contributed by atoms with Crippen molar-refractivity contribution in [1.29, 1.82) is 0 Å². The SMILES string of the molecule is C/C=C/C1CNC(=O)C1C(=O)Nc1cccc(F)c1F. The maximum atomic E-state index is 13.5. The molecule has 20 heavy (non-hydrogen) atoms. The quantitative estimate of drug-likeness (QED) is 0.655. The van der Waals surface area contributed by atoms with Gasteiger partial charge in [0.25, 0.3) is 0 Å². The molecular formula is C14H14F2N2O2. The molecule has 1 saturated heterocycles. The minimum absolute atomic E-state index is 0.270. The standard InChI is InChI=1S/C14H14F2N2O2/c1-2-4-8-7-17-13(19)11(8)14(20)18-10-6-3-5-9(15)12(10)16/h2-6,8,11H,7H2,1H3,(H,17,19)(H,18,20)/b4-2+. The summed E-state index contributed by atoms with van der Waals surface area (Å²) in [7, 11) is 0.